The molecule has 2 aromatic heterocycles. The van der Waals surface area contributed by atoms with Crippen molar-refractivity contribution in [3.63, 3.8) is 0 Å². The first-order valence-corrected chi connectivity index (χ1v) is 10.9. The highest BCUT2D eigenvalue weighted by Gasteiger charge is 2.48. The van der Waals surface area contributed by atoms with E-state index >= 15 is 0 Å². The Hall–Kier alpha value is -4.24. The minimum Gasteiger partial charge on any atom is -0.507 e. The Labute approximate surface area is 191 Å². The molecule has 0 radical (unpaired) electrons. The van der Waals surface area contributed by atoms with Gasteiger partial charge in [-0.25, -0.2) is 4.98 Å². The number of Topliss-reactive ketones (excluding diaryl/α,β-unsaturated/α-hetero) is 1. The third-order valence-electron chi connectivity index (χ3n) is 5.55. The van der Waals surface area contributed by atoms with E-state index < -0.39 is 17.7 Å². The molecule has 0 bridgehead atoms. The molecule has 2 aliphatic heterocycles. The number of ether oxygens (including phenoxy) is 2. The number of hydrogen-bond acceptors (Lipinski definition) is 8. The molecule has 6 rings (SSSR count). The number of para-hydroxylation sites is 1. The Morgan fingerprint density at radius 2 is 1.85 bits per heavy atom. The zero-order valence-corrected chi connectivity index (χ0v) is 17.8. The average Bonchev–Trinajstić information content (AvgIpc) is 3.55. The summed E-state index contributed by atoms with van der Waals surface area (Å²) >= 11 is 1.30. The maximum Gasteiger partial charge on any atom is 0.301 e. The van der Waals surface area contributed by atoms with Crippen molar-refractivity contribution in [2.45, 2.75) is 6.04 Å². The van der Waals surface area contributed by atoms with Gasteiger partial charge in [-0.3, -0.25) is 19.5 Å². The zero-order valence-electron chi connectivity index (χ0n) is 17.0. The molecule has 0 aliphatic carbocycles. The van der Waals surface area contributed by atoms with Crippen LogP contribution in [0.15, 0.2) is 72.4 Å². The van der Waals surface area contributed by atoms with E-state index in [9.17, 15) is 14.7 Å². The quantitative estimate of drug-likeness (QED) is 0.281. The molecule has 0 saturated carbocycles. The number of benzene rings is 2. The van der Waals surface area contributed by atoms with Crippen molar-refractivity contribution >= 4 is 44.1 Å². The summed E-state index contributed by atoms with van der Waals surface area (Å²) in [6.45, 7) is 0.0789. The number of anilines is 1. The monoisotopic (exact) mass is 457 g/mol. The fraction of sp³-hybridized carbons (Fsp3) is 0.0833. The summed E-state index contributed by atoms with van der Waals surface area (Å²) in [5.41, 5.74) is 1.44. The normalized spacial score (nSPS) is 18.9. The van der Waals surface area contributed by atoms with E-state index in [1.807, 2.05) is 24.3 Å². The molecule has 9 heteroatoms. The zero-order chi connectivity index (χ0) is 22.5. The van der Waals surface area contributed by atoms with Crippen LogP contribution in [-0.4, -0.2) is 33.6 Å². The molecule has 4 heterocycles. The summed E-state index contributed by atoms with van der Waals surface area (Å²) < 4.78 is 11.6. The first kappa shape index (κ1) is 19.4. The number of hydrogen-bond donors (Lipinski definition) is 1. The number of thiazole rings is 1. The van der Waals surface area contributed by atoms with Crippen LogP contribution in [0.3, 0.4) is 0 Å². The number of aliphatic hydroxyl groups is 1. The fourth-order valence-corrected chi connectivity index (χ4v) is 5.00. The lowest BCUT2D eigenvalue weighted by Crippen LogP contribution is -2.29. The van der Waals surface area contributed by atoms with E-state index in [0.717, 1.165) is 10.2 Å². The number of carbonyl (C=O) groups is 2. The predicted molar refractivity (Wildman–Crippen MR) is 121 cm³/mol. The third kappa shape index (κ3) is 3.05. The summed E-state index contributed by atoms with van der Waals surface area (Å²) in [7, 11) is 0. The summed E-state index contributed by atoms with van der Waals surface area (Å²) in [5, 5.41) is 11.6. The summed E-state index contributed by atoms with van der Waals surface area (Å²) in [5.74, 6) is -0.894. The van der Waals surface area contributed by atoms with Crippen molar-refractivity contribution < 1.29 is 24.2 Å². The van der Waals surface area contributed by atoms with Crippen molar-refractivity contribution in [3.05, 3.63) is 83.7 Å². The molecule has 33 heavy (non-hydrogen) atoms. The lowest BCUT2D eigenvalue weighted by atomic mass is 9.98. The highest BCUT2D eigenvalue weighted by molar-refractivity contribution is 7.22. The number of amides is 1. The molecule has 1 amide bonds. The highest BCUT2D eigenvalue weighted by atomic mass is 32.1. The van der Waals surface area contributed by atoms with Gasteiger partial charge in [0.05, 0.1) is 21.5 Å². The molecule has 0 spiro atoms. The SMILES string of the molecule is O=C1C(=O)N(c2nc3ccccc3s2)C(c2ccccn2)/C1=C(\O)c1ccc2c(c1)OCO2. The molecular formula is C24H15N3O5S. The van der Waals surface area contributed by atoms with Crippen LogP contribution in [0.4, 0.5) is 5.13 Å². The van der Waals surface area contributed by atoms with Gasteiger partial charge in [-0.15, -0.1) is 0 Å². The second-order valence-corrected chi connectivity index (χ2v) is 8.47. The van der Waals surface area contributed by atoms with E-state index in [1.54, 1.807) is 42.6 Å². The van der Waals surface area contributed by atoms with Crippen LogP contribution in [0.1, 0.15) is 17.3 Å². The molecule has 2 aromatic carbocycles. The van der Waals surface area contributed by atoms with Crippen LogP contribution >= 0.6 is 11.3 Å². The number of pyridine rings is 1. The number of rotatable bonds is 3. The van der Waals surface area contributed by atoms with Crippen LogP contribution in [0, 0.1) is 0 Å². The van der Waals surface area contributed by atoms with Crippen molar-refractivity contribution in [3.8, 4) is 11.5 Å². The number of ketones is 1. The molecule has 1 fully saturated rings. The number of nitrogens with zero attached hydrogens (tertiary/aromatic N) is 3. The molecule has 162 valence electrons. The third-order valence-corrected chi connectivity index (χ3v) is 6.58. The Balaban J connectivity index is 1.55. The largest absolute Gasteiger partial charge is 0.507 e. The topological polar surface area (TPSA) is 102 Å². The van der Waals surface area contributed by atoms with Gasteiger partial charge in [-0.1, -0.05) is 29.5 Å². The van der Waals surface area contributed by atoms with Gasteiger partial charge in [0.2, 0.25) is 6.79 Å². The maximum absolute atomic E-state index is 13.2. The van der Waals surface area contributed by atoms with E-state index in [1.165, 1.54) is 16.2 Å². The van der Waals surface area contributed by atoms with Crippen molar-refractivity contribution in [1.29, 1.82) is 0 Å². The Morgan fingerprint density at radius 3 is 2.67 bits per heavy atom. The summed E-state index contributed by atoms with van der Waals surface area (Å²) in [6, 6.07) is 16.6. The predicted octanol–water partition coefficient (Wildman–Crippen LogP) is 4.05. The van der Waals surface area contributed by atoms with Crippen molar-refractivity contribution in [2.24, 2.45) is 0 Å². The van der Waals surface area contributed by atoms with E-state index in [4.69, 9.17) is 9.47 Å². The molecule has 2 aliphatic rings. The molecule has 1 atom stereocenters. The van der Waals surface area contributed by atoms with Gasteiger partial charge < -0.3 is 14.6 Å². The second kappa shape index (κ2) is 7.42. The first-order chi connectivity index (χ1) is 16.1. The Bertz CT molecular complexity index is 1430. The lowest BCUT2D eigenvalue weighted by Gasteiger charge is -2.21. The van der Waals surface area contributed by atoms with E-state index in [2.05, 4.69) is 9.97 Å². The van der Waals surface area contributed by atoms with Crippen LogP contribution < -0.4 is 14.4 Å². The first-order valence-electron chi connectivity index (χ1n) is 10.1. The number of aliphatic hydroxyl groups excluding tert-OH is 1. The molecule has 1 saturated heterocycles. The number of fused-ring (bicyclic) bond motifs is 2. The van der Waals surface area contributed by atoms with Gasteiger partial charge in [0, 0.05) is 11.8 Å². The Kier molecular flexibility index (Phi) is 4.37. The molecular weight excluding hydrogens is 442 g/mol. The average molecular weight is 457 g/mol. The highest BCUT2D eigenvalue weighted by Crippen LogP contribution is 2.44. The number of carbonyl (C=O) groups excluding carboxylic acids is 2. The van der Waals surface area contributed by atoms with E-state index in [0.29, 0.717) is 27.9 Å². The van der Waals surface area contributed by atoms with Crippen molar-refractivity contribution in [1.82, 2.24) is 9.97 Å². The van der Waals surface area contributed by atoms with Gasteiger partial charge in [-0.05, 0) is 42.5 Å². The lowest BCUT2D eigenvalue weighted by molar-refractivity contribution is -0.132. The molecule has 1 N–H and O–H groups in total. The molecule has 4 aromatic rings. The van der Waals surface area contributed by atoms with Crippen LogP contribution in [0.2, 0.25) is 0 Å². The standard InChI is InChI=1S/C24H15N3O5S/c28-21(13-8-9-16-17(11-13)32-12-31-16)19-20(15-6-3-4-10-25-15)27(23(30)22(19)29)24-26-14-5-1-2-7-18(14)33-24/h1-11,20,28H,12H2/b21-19+. The van der Waals surface area contributed by atoms with Crippen LogP contribution in [0.25, 0.3) is 16.0 Å². The smallest absolute Gasteiger partial charge is 0.301 e. The maximum atomic E-state index is 13.2. The van der Waals surface area contributed by atoms with Gasteiger partial charge in [0.25, 0.3) is 5.78 Å². The van der Waals surface area contributed by atoms with Crippen LogP contribution in [-0.2, 0) is 9.59 Å². The van der Waals surface area contributed by atoms with Gasteiger partial charge in [0.1, 0.15) is 11.8 Å². The Morgan fingerprint density at radius 1 is 1.03 bits per heavy atom. The van der Waals surface area contributed by atoms with Crippen LogP contribution in [0.5, 0.6) is 11.5 Å². The fourth-order valence-electron chi connectivity index (χ4n) is 4.01. The minimum absolute atomic E-state index is 0.0585. The second-order valence-electron chi connectivity index (χ2n) is 7.46. The van der Waals surface area contributed by atoms with Gasteiger partial charge >= 0.3 is 5.91 Å². The van der Waals surface area contributed by atoms with Crippen molar-refractivity contribution in [2.75, 3.05) is 11.7 Å². The summed E-state index contributed by atoms with van der Waals surface area (Å²) in [4.78, 5) is 36.7. The summed E-state index contributed by atoms with van der Waals surface area (Å²) in [6.07, 6.45) is 1.58. The molecule has 8 nitrogen and oxygen atoms in total. The minimum atomic E-state index is -0.933. The molecule has 1 unspecified atom stereocenters. The van der Waals surface area contributed by atoms with Gasteiger partial charge in [0.15, 0.2) is 16.6 Å². The number of aromatic nitrogens is 2. The van der Waals surface area contributed by atoms with Gasteiger partial charge in [-0.2, -0.15) is 0 Å². The van der Waals surface area contributed by atoms with E-state index in [-0.39, 0.29) is 18.1 Å².